The van der Waals surface area contributed by atoms with Gasteiger partial charge in [0.1, 0.15) is 11.8 Å². The molecule has 0 aliphatic carbocycles. The second kappa shape index (κ2) is 5.26. The van der Waals surface area contributed by atoms with Crippen LogP contribution in [0.3, 0.4) is 0 Å². The van der Waals surface area contributed by atoms with Crippen molar-refractivity contribution < 1.29 is 4.39 Å². The molecule has 6 nitrogen and oxygen atoms in total. The number of halogens is 2. The first-order chi connectivity index (χ1) is 11.7. The molecule has 1 atom stereocenters. The smallest absolute Gasteiger partial charge is 0.204 e. The van der Waals surface area contributed by atoms with Gasteiger partial charge in [-0.05, 0) is 31.5 Å². The normalized spacial score (nSPS) is 21.8. The molecule has 1 unspecified atom stereocenters. The number of hydrogen-bond acceptors (Lipinski definition) is 5. The number of fused-ring (bicyclic) bond motifs is 4. The van der Waals surface area contributed by atoms with E-state index in [9.17, 15) is 4.39 Å². The maximum absolute atomic E-state index is 14.4. The van der Waals surface area contributed by atoms with Crippen LogP contribution in [0.5, 0.6) is 0 Å². The summed E-state index contributed by atoms with van der Waals surface area (Å²) in [5, 5.41) is 8.56. The Kier molecular flexibility index (Phi) is 3.14. The van der Waals surface area contributed by atoms with Crippen LogP contribution in [-0.4, -0.2) is 56.7 Å². The third kappa shape index (κ3) is 2.08. The van der Waals surface area contributed by atoms with E-state index in [0.717, 1.165) is 19.6 Å². The van der Waals surface area contributed by atoms with E-state index in [0.29, 0.717) is 33.6 Å². The van der Waals surface area contributed by atoms with Crippen LogP contribution in [0.1, 0.15) is 12.8 Å². The Morgan fingerprint density at radius 1 is 1.21 bits per heavy atom. The molecule has 0 amide bonds. The molecular weight excluding hydrogens is 331 g/mol. The largest absolute Gasteiger partial charge is 0.351 e. The predicted molar refractivity (Wildman–Crippen MR) is 90.1 cm³/mol. The van der Waals surface area contributed by atoms with Gasteiger partial charge >= 0.3 is 0 Å². The van der Waals surface area contributed by atoms with Crippen molar-refractivity contribution in [3.05, 3.63) is 29.3 Å². The monoisotopic (exact) mass is 346 g/mol. The highest BCUT2D eigenvalue weighted by molar-refractivity contribution is 6.31. The number of rotatable bonds is 1. The van der Waals surface area contributed by atoms with Crippen LogP contribution in [0.2, 0.25) is 5.02 Å². The third-order valence-corrected chi connectivity index (χ3v) is 5.34. The molecule has 0 spiro atoms. The lowest BCUT2D eigenvalue weighted by Crippen LogP contribution is -2.50. The minimum atomic E-state index is -0.422. The van der Waals surface area contributed by atoms with Gasteiger partial charge in [0.25, 0.3) is 0 Å². The van der Waals surface area contributed by atoms with Crippen LogP contribution < -0.4 is 4.90 Å². The summed E-state index contributed by atoms with van der Waals surface area (Å²) in [5.74, 6) is 0.279. The topological polar surface area (TPSA) is 49.6 Å². The van der Waals surface area contributed by atoms with E-state index in [2.05, 4.69) is 25.0 Å². The van der Waals surface area contributed by atoms with Crippen LogP contribution in [-0.2, 0) is 0 Å². The molecule has 124 valence electrons. The molecule has 0 saturated carbocycles. The zero-order valence-corrected chi connectivity index (χ0v) is 13.7. The minimum absolute atomic E-state index is 0.301. The molecule has 3 aromatic rings. The SMILES string of the molecule is Fc1cc(Cl)cc2c1nc(N1CCN3CCCC3C1)c1nncn12. The fraction of sp³-hybridized carbons (Fsp3) is 0.438. The van der Waals surface area contributed by atoms with Crippen LogP contribution in [0.25, 0.3) is 16.7 Å². The number of aromatic nitrogens is 4. The molecular formula is C16H16ClFN6. The lowest BCUT2D eigenvalue weighted by Gasteiger charge is -2.38. The van der Waals surface area contributed by atoms with Crippen molar-refractivity contribution in [1.82, 2.24) is 24.5 Å². The Hall–Kier alpha value is -1.99. The van der Waals surface area contributed by atoms with Gasteiger partial charge in [0, 0.05) is 30.7 Å². The summed E-state index contributed by atoms with van der Waals surface area (Å²) in [4.78, 5) is 9.34. The molecule has 2 aliphatic rings. The Labute approximate surface area is 142 Å². The maximum Gasteiger partial charge on any atom is 0.204 e. The van der Waals surface area contributed by atoms with E-state index in [-0.39, 0.29) is 0 Å². The Morgan fingerprint density at radius 2 is 2.12 bits per heavy atom. The first kappa shape index (κ1) is 14.4. The average Bonchev–Trinajstić information content (AvgIpc) is 3.22. The first-order valence-corrected chi connectivity index (χ1v) is 8.56. The molecule has 4 heterocycles. The molecule has 2 saturated heterocycles. The van der Waals surface area contributed by atoms with Gasteiger partial charge in [0.15, 0.2) is 11.6 Å². The van der Waals surface area contributed by atoms with Crippen molar-refractivity contribution in [1.29, 1.82) is 0 Å². The molecule has 1 aromatic carbocycles. The van der Waals surface area contributed by atoms with Crippen molar-refractivity contribution >= 4 is 34.1 Å². The lowest BCUT2D eigenvalue weighted by atomic mass is 10.1. The third-order valence-electron chi connectivity index (χ3n) is 5.12. The van der Waals surface area contributed by atoms with Crippen LogP contribution in [0, 0.1) is 5.82 Å². The zero-order chi connectivity index (χ0) is 16.3. The van der Waals surface area contributed by atoms with Gasteiger partial charge in [-0.2, -0.15) is 0 Å². The average molecular weight is 347 g/mol. The summed E-state index contributed by atoms with van der Waals surface area (Å²) in [6.07, 6.45) is 4.04. The second-order valence-electron chi connectivity index (χ2n) is 6.49. The lowest BCUT2D eigenvalue weighted by molar-refractivity contribution is 0.230. The van der Waals surface area contributed by atoms with Gasteiger partial charge in [-0.25, -0.2) is 9.37 Å². The molecule has 2 aromatic heterocycles. The summed E-state index contributed by atoms with van der Waals surface area (Å²) < 4.78 is 16.2. The standard InChI is InChI=1S/C16H16ClFN6/c17-10-6-12(18)14-13(7-10)24-9-19-21-16(24)15(20-14)23-5-4-22-3-1-2-11(22)8-23/h6-7,9,11H,1-5,8H2. The quantitative estimate of drug-likeness (QED) is 0.677. The van der Waals surface area contributed by atoms with Gasteiger partial charge in [-0.3, -0.25) is 9.30 Å². The molecule has 5 rings (SSSR count). The molecule has 8 heteroatoms. The number of piperazine rings is 1. The number of hydrogen-bond donors (Lipinski definition) is 0. The van der Waals surface area contributed by atoms with E-state index in [4.69, 9.17) is 11.6 Å². The fourth-order valence-electron chi connectivity index (χ4n) is 3.96. The maximum atomic E-state index is 14.4. The number of benzene rings is 1. The number of nitrogens with zero attached hydrogens (tertiary/aromatic N) is 6. The predicted octanol–water partition coefficient (Wildman–Crippen LogP) is 2.35. The van der Waals surface area contributed by atoms with Crippen LogP contribution in [0.4, 0.5) is 10.2 Å². The highest BCUT2D eigenvalue weighted by Crippen LogP contribution is 2.30. The highest BCUT2D eigenvalue weighted by atomic mass is 35.5. The van der Waals surface area contributed by atoms with Crippen molar-refractivity contribution in [3.63, 3.8) is 0 Å². The molecule has 2 aliphatic heterocycles. The summed E-state index contributed by atoms with van der Waals surface area (Å²) in [7, 11) is 0. The Morgan fingerprint density at radius 3 is 3.04 bits per heavy atom. The second-order valence-corrected chi connectivity index (χ2v) is 6.93. The fourth-order valence-corrected chi connectivity index (χ4v) is 4.16. The summed E-state index contributed by atoms with van der Waals surface area (Å²) in [6, 6.07) is 3.54. The summed E-state index contributed by atoms with van der Waals surface area (Å²) >= 11 is 6.00. The highest BCUT2D eigenvalue weighted by Gasteiger charge is 2.32. The van der Waals surface area contributed by atoms with Gasteiger partial charge in [-0.15, -0.1) is 10.2 Å². The van der Waals surface area contributed by atoms with Crippen molar-refractivity contribution in [2.75, 3.05) is 31.1 Å². The molecule has 0 radical (unpaired) electrons. The zero-order valence-electron chi connectivity index (χ0n) is 13.0. The van der Waals surface area contributed by atoms with Gasteiger partial charge in [0.05, 0.1) is 5.52 Å². The molecule has 0 bridgehead atoms. The summed E-state index contributed by atoms with van der Waals surface area (Å²) in [6.45, 7) is 3.95. The van der Waals surface area contributed by atoms with Gasteiger partial charge in [0.2, 0.25) is 5.65 Å². The van der Waals surface area contributed by atoms with Gasteiger partial charge < -0.3 is 4.90 Å². The Balaban J connectivity index is 1.68. The van der Waals surface area contributed by atoms with E-state index < -0.39 is 5.82 Å². The first-order valence-electron chi connectivity index (χ1n) is 8.18. The van der Waals surface area contributed by atoms with Crippen LogP contribution >= 0.6 is 11.6 Å². The number of anilines is 1. The van der Waals surface area contributed by atoms with Crippen molar-refractivity contribution in [3.8, 4) is 0 Å². The van der Waals surface area contributed by atoms with E-state index in [1.54, 1.807) is 16.8 Å². The van der Waals surface area contributed by atoms with Crippen LogP contribution in [0.15, 0.2) is 18.5 Å². The van der Waals surface area contributed by atoms with Crippen molar-refractivity contribution in [2.24, 2.45) is 0 Å². The summed E-state index contributed by atoms with van der Waals surface area (Å²) in [5.41, 5.74) is 1.54. The molecule has 0 N–H and O–H groups in total. The molecule has 24 heavy (non-hydrogen) atoms. The molecule has 2 fully saturated rings. The van der Waals surface area contributed by atoms with E-state index >= 15 is 0 Å². The van der Waals surface area contributed by atoms with E-state index in [1.807, 2.05) is 0 Å². The van der Waals surface area contributed by atoms with E-state index in [1.165, 1.54) is 25.5 Å². The van der Waals surface area contributed by atoms with Crippen molar-refractivity contribution in [2.45, 2.75) is 18.9 Å². The minimum Gasteiger partial charge on any atom is -0.351 e. The van der Waals surface area contributed by atoms with Gasteiger partial charge in [-0.1, -0.05) is 11.6 Å². The Bertz CT molecular complexity index is 941.